The lowest BCUT2D eigenvalue weighted by molar-refractivity contribution is 0.157. The molecule has 0 saturated carbocycles. The van der Waals surface area contributed by atoms with E-state index in [2.05, 4.69) is 38.1 Å². The van der Waals surface area contributed by atoms with Crippen LogP contribution in [0.15, 0.2) is 33.7 Å². The summed E-state index contributed by atoms with van der Waals surface area (Å²) in [5, 5.41) is 3.37. The molecule has 136 valence electrons. The van der Waals surface area contributed by atoms with Crippen molar-refractivity contribution in [3.05, 3.63) is 28.7 Å². The summed E-state index contributed by atoms with van der Waals surface area (Å²) in [4.78, 5) is 6.99. The first kappa shape index (κ1) is 21.5. The molecule has 24 heavy (non-hydrogen) atoms. The molecule has 1 N–H and O–H groups in total. The number of likely N-dealkylation sites (tertiary alicyclic amines) is 1. The molecule has 1 unspecified atom stereocenters. The Morgan fingerprint density at radius 2 is 2.29 bits per heavy atom. The second kappa shape index (κ2) is 11.9. The quantitative estimate of drug-likeness (QED) is 0.264. The molecule has 0 radical (unpaired) electrons. The standard InChI is InChI=1S/C17H26BrN3O2.HI/c1-3-19-17(21-9-7-14(12-21)13-22-2)20-8-10-23-16-6-4-5-15(18)11-16;/h4-6,11,14H,3,7-10,12-13H2,1-2H3,(H,19,20);1H. The van der Waals surface area contributed by atoms with Crippen molar-refractivity contribution in [3.63, 3.8) is 0 Å². The van der Waals surface area contributed by atoms with Gasteiger partial charge in [0.2, 0.25) is 0 Å². The normalized spacial score (nSPS) is 17.5. The minimum absolute atomic E-state index is 0. The fourth-order valence-electron chi connectivity index (χ4n) is 2.69. The molecule has 1 aliphatic rings. The number of nitrogens with zero attached hydrogens (tertiary/aromatic N) is 2. The van der Waals surface area contributed by atoms with Gasteiger partial charge in [0.25, 0.3) is 0 Å². The van der Waals surface area contributed by atoms with Crippen molar-refractivity contribution in [2.24, 2.45) is 10.9 Å². The molecular formula is C17H27BrIN3O2. The Kier molecular flexibility index (Phi) is 10.7. The van der Waals surface area contributed by atoms with Crippen LogP contribution in [0.2, 0.25) is 0 Å². The number of benzene rings is 1. The Morgan fingerprint density at radius 1 is 1.46 bits per heavy atom. The molecule has 7 heteroatoms. The van der Waals surface area contributed by atoms with Crippen LogP contribution in [0.5, 0.6) is 5.75 Å². The van der Waals surface area contributed by atoms with Crippen LogP contribution in [0, 0.1) is 5.92 Å². The van der Waals surface area contributed by atoms with E-state index in [1.165, 1.54) is 0 Å². The highest BCUT2D eigenvalue weighted by atomic mass is 127. The van der Waals surface area contributed by atoms with Crippen molar-refractivity contribution in [2.45, 2.75) is 13.3 Å². The molecule has 1 aromatic carbocycles. The molecule has 1 heterocycles. The van der Waals surface area contributed by atoms with Crippen LogP contribution in [0.1, 0.15) is 13.3 Å². The Labute approximate surface area is 170 Å². The van der Waals surface area contributed by atoms with E-state index in [1.807, 2.05) is 24.3 Å². The smallest absolute Gasteiger partial charge is 0.194 e. The lowest BCUT2D eigenvalue weighted by atomic mass is 10.1. The number of nitrogens with one attached hydrogen (secondary N) is 1. The molecule has 0 bridgehead atoms. The van der Waals surface area contributed by atoms with Crippen LogP contribution >= 0.6 is 39.9 Å². The van der Waals surface area contributed by atoms with Crippen LogP contribution in [0.4, 0.5) is 0 Å². The minimum atomic E-state index is 0. The van der Waals surface area contributed by atoms with Crippen molar-refractivity contribution in [3.8, 4) is 5.75 Å². The van der Waals surface area contributed by atoms with E-state index in [4.69, 9.17) is 9.47 Å². The van der Waals surface area contributed by atoms with Gasteiger partial charge in [-0.05, 0) is 31.5 Å². The van der Waals surface area contributed by atoms with Crippen molar-refractivity contribution >= 4 is 45.9 Å². The Balaban J connectivity index is 0.00000288. The van der Waals surface area contributed by atoms with Gasteiger partial charge < -0.3 is 19.7 Å². The van der Waals surface area contributed by atoms with Crippen molar-refractivity contribution in [2.75, 3.05) is 46.5 Å². The summed E-state index contributed by atoms with van der Waals surface area (Å²) in [6.07, 6.45) is 1.16. The van der Waals surface area contributed by atoms with Gasteiger partial charge in [-0.15, -0.1) is 24.0 Å². The summed E-state index contributed by atoms with van der Waals surface area (Å²) in [6, 6.07) is 7.87. The molecular weight excluding hydrogens is 485 g/mol. The summed E-state index contributed by atoms with van der Waals surface area (Å²) in [5.74, 6) is 2.44. The van der Waals surface area contributed by atoms with E-state index in [0.717, 1.165) is 48.8 Å². The minimum Gasteiger partial charge on any atom is -0.492 e. The summed E-state index contributed by atoms with van der Waals surface area (Å²) in [5.41, 5.74) is 0. The van der Waals surface area contributed by atoms with Crippen molar-refractivity contribution in [1.82, 2.24) is 10.2 Å². The number of methoxy groups -OCH3 is 1. The van der Waals surface area contributed by atoms with E-state index in [9.17, 15) is 0 Å². The molecule has 0 spiro atoms. The van der Waals surface area contributed by atoms with E-state index in [1.54, 1.807) is 7.11 Å². The molecule has 1 aliphatic heterocycles. The predicted molar refractivity (Wildman–Crippen MR) is 113 cm³/mol. The molecule has 1 saturated heterocycles. The van der Waals surface area contributed by atoms with Crippen molar-refractivity contribution in [1.29, 1.82) is 0 Å². The molecule has 1 fully saturated rings. The maximum atomic E-state index is 5.73. The molecule has 0 aromatic heterocycles. The maximum absolute atomic E-state index is 5.73. The maximum Gasteiger partial charge on any atom is 0.194 e. The van der Waals surface area contributed by atoms with Crippen LogP contribution in [0.25, 0.3) is 0 Å². The third-order valence-corrected chi connectivity index (χ3v) is 4.23. The monoisotopic (exact) mass is 511 g/mol. The fourth-order valence-corrected chi connectivity index (χ4v) is 3.07. The zero-order valence-electron chi connectivity index (χ0n) is 14.3. The lowest BCUT2D eigenvalue weighted by Gasteiger charge is -2.21. The van der Waals surface area contributed by atoms with E-state index in [-0.39, 0.29) is 24.0 Å². The average Bonchev–Trinajstić information content (AvgIpc) is 2.99. The Bertz CT molecular complexity index is 516. The van der Waals surface area contributed by atoms with Gasteiger partial charge in [0.05, 0.1) is 13.2 Å². The first-order valence-corrected chi connectivity index (χ1v) is 8.92. The number of halogens is 2. The highest BCUT2D eigenvalue weighted by Crippen LogP contribution is 2.18. The van der Waals surface area contributed by atoms with Gasteiger partial charge in [-0.25, -0.2) is 4.99 Å². The van der Waals surface area contributed by atoms with E-state index in [0.29, 0.717) is 19.1 Å². The van der Waals surface area contributed by atoms with Gasteiger partial charge in [-0.3, -0.25) is 0 Å². The molecule has 0 amide bonds. The van der Waals surface area contributed by atoms with Crippen LogP contribution < -0.4 is 10.1 Å². The van der Waals surface area contributed by atoms with Crippen LogP contribution in [-0.4, -0.2) is 57.4 Å². The molecule has 0 aliphatic carbocycles. The summed E-state index contributed by atoms with van der Waals surface area (Å²) >= 11 is 3.44. The number of hydrogen-bond acceptors (Lipinski definition) is 3. The molecule has 1 aromatic rings. The third kappa shape index (κ3) is 7.14. The van der Waals surface area contributed by atoms with Gasteiger partial charge in [0.15, 0.2) is 5.96 Å². The molecule has 2 rings (SSSR count). The zero-order chi connectivity index (χ0) is 16.5. The first-order valence-electron chi connectivity index (χ1n) is 8.13. The first-order chi connectivity index (χ1) is 11.2. The largest absolute Gasteiger partial charge is 0.492 e. The van der Waals surface area contributed by atoms with E-state index >= 15 is 0 Å². The number of aliphatic imine (C=N–C) groups is 1. The number of hydrogen-bond donors (Lipinski definition) is 1. The zero-order valence-corrected chi connectivity index (χ0v) is 18.2. The summed E-state index contributed by atoms with van der Waals surface area (Å²) < 4.78 is 12.0. The average molecular weight is 512 g/mol. The molecule has 5 nitrogen and oxygen atoms in total. The Hall–Kier alpha value is -0.540. The fraction of sp³-hybridized carbons (Fsp3) is 0.588. The summed E-state index contributed by atoms with van der Waals surface area (Å²) in [6.45, 7) is 7.04. The number of ether oxygens (including phenoxy) is 2. The van der Waals surface area contributed by atoms with Gasteiger partial charge in [-0.1, -0.05) is 22.0 Å². The van der Waals surface area contributed by atoms with Gasteiger partial charge in [0, 0.05) is 37.1 Å². The number of rotatable bonds is 7. The van der Waals surface area contributed by atoms with Crippen LogP contribution in [-0.2, 0) is 4.74 Å². The lowest BCUT2D eigenvalue weighted by Crippen LogP contribution is -2.40. The summed E-state index contributed by atoms with van der Waals surface area (Å²) in [7, 11) is 1.77. The second-order valence-corrected chi connectivity index (χ2v) is 6.51. The number of guanidine groups is 1. The van der Waals surface area contributed by atoms with E-state index < -0.39 is 0 Å². The van der Waals surface area contributed by atoms with Gasteiger partial charge >= 0.3 is 0 Å². The van der Waals surface area contributed by atoms with Gasteiger partial charge in [0.1, 0.15) is 12.4 Å². The highest BCUT2D eigenvalue weighted by molar-refractivity contribution is 14.0. The molecule has 1 atom stereocenters. The van der Waals surface area contributed by atoms with Gasteiger partial charge in [-0.2, -0.15) is 0 Å². The Morgan fingerprint density at radius 3 is 3.00 bits per heavy atom. The second-order valence-electron chi connectivity index (χ2n) is 5.60. The predicted octanol–water partition coefficient (Wildman–Crippen LogP) is 3.38. The topological polar surface area (TPSA) is 46.1 Å². The SMILES string of the molecule is CCNC(=NCCOc1cccc(Br)c1)N1CCC(COC)C1.I. The van der Waals surface area contributed by atoms with Crippen LogP contribution in [0.3, 0.4) is 0 Å². The third-order valence-electron chi connectivity index (χ3n) is 3.74. The highest BCUT2D eigenvalue weighted by Gasteiger charge is 2.24. The van der Waals surface area contributed by atoms with Crippen molar-refractivity contribution < 1.29 is 9.47 Å².